The summed E-state index contributed by atoms with van der Waals surface area (Å²) in [5.74, 6) is -2.56. The van der Waals surface area contributed by atoms with Crippen LogP contribution in [0.15, 0.2) is 24.3 Å². The van der Waals surface area contributed by atoms with Gasteiger partial charge in [-0.15, -0.1) is 0 Å². The van der Waals surface area contributed by atoms with Gasteiger partial charge in [0.2, 0.25) is 11.8 Å². The van der Waals surface area contributed by atoms with Crippen LogP contribution >= 0.6 is 12.6 Å². The minimum absolute atomic E-state index is 0.0692. The maximum Gasteiger partial charge on any atom is 0.327 e. The molecule has 0 fully saturated rings. The molecule has 0 saturated carbocycles. The quantitative estimate of drug-likeness (QED) is 0.329. The number of carbonyl (C=O) groups is 3. The van der Waals surface area contributed by atoms with E-state index in [0.717, 1.165) is 5.56 Å². The molecule has 6 N–H and O–H groups in total. The van der Waals surface area contributed by atoms with Gasteiger partial charge in [-0.25, -0.2) is 4.79 Å². The van der Waals surface area contributed by atoms with Crippen molar-refractivity contribution in [3.05, 3.63) is 29.8 Å². The highest BCUT2D eigenvalue weighted by Gasteiger charge is 2.29. The molecule has 0 aliphatic rings. The van der Waals surface area contributed by atoms with Gasteiger partial charge in [-0.05, 0) is 30.0 Å². The molecule has 0 aliphatic heterocycles. The van der Waals surface area contributed by atoms with Crippen LogP contribution in [0.3, 0.4) is 0 Å². The van der Waals surface area contributed by atoms with Crippen molar-refractivity contribution in [2.24, 2.45) is 11.7 Å². The zero-order valence-electron chi connectivity index (χ0n) is 14.7. The van der Waals surface area contributed by atoms with Crippen molar-refractivity contribution in [2.75, 3.05) is 5.75 Å². The van der Waals surface area contributed by atoms with Crippen LogP contribution in [-0.4, -0.2) is 51.9 Å². The molecule has 0 radical (unpaired) electrons. The molecule has 144 valence electrons. The second-order valence-electron chi connectivity index (χ2n) is 6.29. The molecule has 0 saturated heterocycles. The number of aliphatic carboxylic acids is 1. The molecule has 0 heterocycles. The minimum Gasteiger partial charge on any atom is -0.508 e. The maximum absolute atomic E-state index is 12.3. The highest BCUT2D eigenvalue weighted by atomic mass is 32.1. The van der Waals surface area contributed by atoms with Gasteiger partial charge in [0, 0.05) is 5.75 Å². The van der Waals surface area contributed by atoms with E-state index in [9.17, 15) is 19.5 Å². The van der Waals surface area contributed by atoms with E-state index in [1.54, 1.807) is 26.0 Å². The molecule has 1 rings (SSSR count). The van der Waals surface area contributed by atoms with Crippen LogP contribution in [0.4, 0.5) is 0 Å². The highest BCUT2D eigenvalue weighted by molar-refractivity contribution is 7.80. The van der Waals surface area contributed by atoms with Crippen molar-refractivity contribution in [1.82, 2.24) is 10.6 Å². The van der Waals surface area contributed by atoms with Crippen molar-refractivity contribution < 1.29 is 24.6 Å². The predicted octanol–water partition coefficient (Wildman–Crippen LogP) is -0.0980. The Bertz CT molecular complexity index is 636. The number of carbonyl (C=O) groups excluding carboxylic acids is 2. The lowest BCUT2D eigenvalue weighted by atomic mass is 10.0. The monoisotopic (exact) mass is 383 g/mol. The lowest BCUT2D eigenvalue weighted by Crippen LogP contribution is -2.56. The first kappa shape index (κ1) is 21.8. The number of phenols is 1. The molecule has 0 aromatic heterocycles. The maximum atomic E-state index is 12.3. The molecule has 1 aromatic rings. The van der Waals surface area contributed by atoms with Crippen LogP contribution in [0.25, 0.3) is 0 Å². The Morgan fingerprint density at radius 1 is 1.12 bits per heavy atom. The van der Waals surface area contributed by atoms with Crippen LogP contribution in [0.5, 0.6) is 5.75 Å². The number of nitrogens with one attached hydrogen (secondary N) is 2. The Morgan fingerprint density at radius 3 is 2.15 bits per heavy atom. The van der Waals surface area contributed by atoms with Gasteiger partial charge in [0.15, 0.2) is 0 Å². The van der Waals surface area contributed by atoms with Crippen molar-refractivity contribution in [3.8, 4) is 5.75 Å². The topological polar surface area (TPSA) is 142 Å². The van der Waals surface area contributed by atoms with Gasteiger partial charge in [0.25, 0.3) is 0 Å². The third-order valence-electron chi connectivity index (χ3n) is 3.77. The van der Waals surface area contributed by atoms with Crippen LogP contribution in [0.2, 0.25) is 0 Å². The smallest absolute Gasteiger partial charge is 0.327 e. The number of carboxylic acids is 1. The number of rotatable bonds is 9. The summed E-state index contributed by atoms with van der Waals surface area (Å²) in [5, 5.41) is 23.2. The normalized spacial score (nSPS) is 14.3. The van der Waals surface area contributed by atoms with Gasteiger partial charge < -0.3 is 26.6 Å². The Labute approximate surface area is 157 Å². The third kappa shape index (κ3) is 6.57. The van der Waals surface area contributed by atoms with E-state index in [4.69, 9.17) is 10.8 Å². The summed E-state index contributed by atoms with van der Waals surface area (Å²) in [6, 6.07) is 3.33. The Hall–Kier alpha value is -2.26. The molecule has 1 aromatic carbocycles. The lowest BCUT2D eigenvalue weighted by molar-refractivity contribution is -0.141. The number of hydrogen-bond donors (Lipinski definition) is 6. The molecule has 8 nitrogen and oxygen atoms in total. The molecule has 0 aliphatic carbocycles. The van der Waals surface area contributed by atoms with Crippen molar-refractivity contribution in [2.45, 2.75) is 38.4 Å². The number of thiol groups is 1. The molecule has 26 heavy (non-hydrogen) atoms. The van der Waals surface area contributed by atoms with Crippen LogP contribution in [0.1, 0.15) is 19.4 Å². The number of nitrogens with two attached hydrogens (primary N) is 1. The van der Waals surface area contributed by atoms with E-state index in [2.05, 4.69) is 23.3 Å². The number of phenolic OH excluding ortho intramolecular Hbond substituents is 1. The fraction of sp³-hybridized carbons (Fsp3) is 0.471. The zero-order chi connectivity index (χ0) is 19.9. The molecule has 0 spiro atoms. The number of carboxylic acid groups (broad SMARTS) is 1. The molecule has 0 bridgehead atoms. The molecular weight excluding hydrogens is 358 g/mol. The summed E-state index contributed by atoms with van der Waals surface area (Å²) in [4.78, 5) is 35.7. The number of benzene rings is 1. The van der Waals surface area contributed by atoms with E-state index in [0.29, 0.717) is 0 Å². The van der Waals surface area contributed by atoms with E-state index in [-0.39, 0.29) is 23.8 Å². The minimum atomic E-state index is -1.20. The molecule has 2 amide bonds. The second-order valence-corrected chi connectivity index (χ2v) is 6.65. The summed E-state index contributed by atoms with van der Waals surface area (Å²) < 4.78 is 0. The van der Waals surface area contributed by atoms with Gasteiger partial charge in [-0.2, -0.15) is 12.6 Å². The first-order valence-corrected chi connectivity index (χ1v) is 8.76. The summed E-state index contributed by atoms with van der Waals surface area (Å²) in [5.41, 5.74) is 6.66. The average Bonchev–Trinajstić information content (AvgIpc) is 2.58. The van der Waals surface area contributed by atoms with Crippen molar-refractivity contribution in [3.63, 3.8) is 0 Å². The van der Waals surface area contributed by atoms with E-state index < -0.39 is 35.9 Å². The van der Waals surface area contributed by atoms with E-state index >= 15 is 0 Å². The van der Waals surface area contributed by atoms with Gasteiger partial charge in [-0.3, -0.25) is 9.59 Å². The van der Waals surface area contributed by atoms with Crippen molar-refractivity contribution >= 4 is 30.4 Å². The number of aromatic hydroxyl groups is 1. The third-order valence-corrected chi connectivity index (χ3v) is 4.14. The van der Waals surface area contributed by atoms with Crippen molar-refractivity contribution in [1.29, 1.82) is 0 Å². The summed E-state index contributed by atoms with van der Waals surface area (Å²) in [6.07, 6.45) is 0.229. The van der Waals surface area contributed by atoms with Crippen LogP contribution in [0, 0.1) is 5.92 Å². The van der Waals surface area contributed by atoms with Gasteiger partial charge in [0.05, 0.1) is 6.04 Å². The second kappa shape index (κ2) is 10.0. The molecule has 9 heteroatoms. The lowest BCUT2D eigenvalue weighted by Gasteiger charge is -2.25. The SMILES string of the molecule is CC(C)C(NC(=O)C(N)Cc1ccc(O)cc1)C(=O)NC(CS)C(=O)O. The Morgan fingerprint density at radius 2 is 1.69 bits per heavy atom. The van der Waals surface area contributed by atoms with Crippen LogP contribution < -0.4 is 16.4 Å². The fourth-order valence-electron chi connectivity index (χ4n) is 2.22. The standard InChI is InChI=1S/C17H25N3O5S/c1-9(2)14(16(23)19-13(8-26)17(24)25)20-15(22)12(18)7-10-3-5-11(21)6-4-10/h3-6,9,12-14,21,26H,7-8,18H2,1-2H3,(H,19,23)(H,20,22)(H,24,25). The number of amides is 2. The largest absolute Gasteiger partial charge is 0.508 e. The van der Waals surface area contributed by atoms with Gasteiger partial charge >= 0.3 is 5.97 Å². The Kier molecular flexibility index (Phi) is 8.40. The van der Waals surface area contributed by atoms with Gasteiger partial charge in [0.1, 0.15) is 17.8 Å². The first-order chi connectivity index (χ1) is 12.1. The molecule has 3 unspecified atom stereocenters. The Balaban J connectivity index is 2.72. The highest BCUT2D eigenvalue weighted by Crippen LogP contribution is 2.11. The average molecular weight is 383 g/mol. The summed E-state index contributed by atoms with van der Waals surface area (Å²) >= 11 is 3.89. The number of hydrogen-bond acceptors (Lipinski definition) is 6. The van der Waals surface area contributed by atoms with E-state index in [1.165, 1.54) is 12.1 Å². The molecular formula is C17H25N3O5S. The van der Waals surface area contributed by atoms with Gasteiger partial charge in [-0.1, -0.05) is 26.0 Å². The first-order valence-electron chi connectivity index (χ1n) is 8.13. The predicted molar refractivity (Wildman–Crippen MR) is 100.0 cm³/mol. The van der Waals surface area contributed by atoms with Crippen LogP contribution in [-0.2, 0) is 20.8 Å². The fourth-order valence-corrected chi connectivity index (χ4v) is 2.47. The summed E-state index contributed by atoms with van der Waals surface area (Å²) in [6.45, 7) is 3.46. The zero-order valence-corrected chi connectivity index (χ0v) is 15.6. The molecule has 3 atom stereocenters. The van der Waals surface area contributed by atoms with E-state index in [1.807, 2.05) is 0 Å². The summed E-state index contributed by atoms with van der Waals surface area (Å²) in [7, 11) is 0.